The summed E-state index contributed by atoms with van der Waals surface area (Å²) >= 11 is 0. The number of carbonyl (C=O) groups excluding carboxylic acids is 3. The van der Waals surface area contributed by atoms with Crippen molar-refractivity contribution in [1.29, 1.82) is 0 Å². The number of benzene rings is 1. The van der Waals surface area contributed by atoms with Gasteiger partial charge in [0.15, 0.2) is 0 Å². The van der Waals surface area contributed by atoms with Gasteiger partial charge in [0.2, 0.25) is 17.7 Å². The largest absolute Gasteiger partial charge is 0.467 e. The fraction of sp³-hybridized carbons (Fsp3) is 0.409. The van der Waals surface area contributed by atoms with E-state index in [0.29, 0.717) is 31.1 Å². The standard InChI is InChI=1S/C22H26N4O4/c23-21(28)19-8-3-9-25(19)12-15-5-1-2-7-18(15)24-22(29)16-11-20(27)26(13-16)14-17-6-4-10-30-17/h1-2,4-7,10,16,19H,3,8-9,11-14H2,(H2,23,28)(H,24,29). The Labute approximate surface area is 175 Å². The van der Waals surface area contributed by atoms with Crippen LogP contribution in [0.2, 0.25) is 0 Å². The second kappa shape index (κ2) is 8.71. The van der Waals surface area contributed by atoms with Crippen molar-refractivity contribution in [2.75, 3.05) is 18.4 Å². The quantitative estimate of drug-likeness (QED) is 0.722. The molecule has 0 saturated carbocycles. The molecule has 2 aromatic rings. The minimum atomic E-state index is -0.411. The van der Waals surface area contributed by atoms with Crippen LogP contribution in [0.4, 0.5) is 5.69 Å². The van der Waals surface area contributed by atoms with Gasteiger partial charge >= 0.3 is 0 Å². The van der Waals surface area contributed by atoms with Crippen LogP contribution in [0.5, 0.6) is 0 Å². The van der Waals surface area contributed by atoms with E-state index < -0.39 is 5.92 Å². The molecule has 2 aliphatic rings. The number of primary amides is 1. The maximum atomic E-state index is 12.9. The van der Waals surface area contributed by atoms with E-state index in [0.717, 1.165) is 24.9 Å². The molecule has 158 valence electrons. The summed E-state index contributed by atoms with van der Waals surface area (Å²) in [5.74, 6) is -0.253. The topological polar surface area (TPSA) is 109 Å². The van der Waals surface area contributed by atoms with Crippen molar-refractivity contribution < 1.29 is 18.8 Å². The zero-order valence-corrected chi connectivity index (χ0v) is 16.8. The highest BCUT2D eigenvalue weighted by Gasteiger charge is 2.35. The third-order valence-corrected chi connectivity index (χ3v) is 5.85. The van der Waals surface area contributed by atoms with Crippen molar-refractivity contribution in [3.8, 4) is 0 Å². The Kier molecular flexibility index (Phi) is 5.85. The van der Waals surface area contributed by atoms with Gasteiger partial charge in [0.1, 0.15) is 5.76 Å². The predicted molar refractivity (Wildman–Crippen MR) is 110 cm³/mol. The molecule has 0 spiro atoms. The van der Waals surface area contributed by atoms with E-state index >= 15 is 0 Å². The molecule has 2 unspecified atom stereocenters. The maximum Gasteiger partial charge on any atom is 0.234 e. The van der Waals surface area contributed by atoms with E-state index in [4.69, 9.17) is 10.2 Å². The average molecular weight is 410 g/mol. The van der Waals surface area contributed by atoms with Crippen LogP contribution in [0.1, 0.15) is 30.6 Å². The van der Waals surface area contributed by atoms with Crippen molar-refractivity contribution in [3.63, 3.8) is 0 Å². The molecule has 2 aliphatic heterocycles. The number of rotatable bonds is 7. The lowest BCUT2D eigenvalue weighted by Gasteiger charge is -2.23. The van der Waals surface area contributed by atoms with Gasteiger partial charge in [-0.3, -0.25) is 19.3 Å². The van der Waals surface area contributed by atoms with Crippen molar-refractivity contribution in [2.45, 2.75) is 38.4 Å². The summed E-state index contributed by atoms with van der Waals surface area (Å²) in [5.41, 5.74) is 7.15. The first-order valence-corrected chi connectivity index (χ1v) is 10.2. The van der Waals surface area contributed by atoms with E-state index in [1.165, 1.54) is 0 Å². The molecule has 1 aromatic carbocycles. The Balaban J connectivity index is 1.40. The molecule has 0 aliphatic carbocycles. The van der Waals surface area contributed by atoms with Crippen LogP contribution in [0.25, 0.3) is 0 Å². The van der Waals surface area contributed by atoms with Crippen LogP contribution in [0, 0.1) is 5.92 Å². The van der Waals surface area contributed by atoms with Crippen LogP contribution in [0.3, 0.4) is 0 Å². The van der Waals surface area contributed by atoms with Crippen molar-refractivity contribution >= 4 is 23.4 Å². The first-order chi connectivity index (χ1) is 14.5. The van der Waals surface area contributed by atoms with E-state index in [-0.39, 0.29) is 30.2 Å². The Hall–Kier alpha value is -3.13. The van der Waals surface area contributed by atoms with Crippen LogP contribution in [-0.4, -0.2) is 46.7 Å². The molecule has 2 saturated heterocycles. The normalized spacial score (nSPS) is 21.9. The summed E-state index contributed by atoms with van der Waals surface area (Å²) in [6, 6.07) is 10.9. The van der Waals surface area contributed by atoms with Gasteiger partial charge in [-0.1, -0.05) is 18.2 Å². The second-order valence-electron chi connectivity index (χ2n) is 7.93. The predicted octanol–water partition coefficient (Wildman–Crippen LogP) is 1.72. The monoisotopic (exact) mass is 410 g/mol. The first-order valence-electron chi connectivity index (χ1n) is 10.2. The lowest BCUT2D eigenvalue weighted by atomic mass is 10.1. The molecule has 2 atom stereocenters. The summed E-state index contributed by atoms with van der Waals surface area (Å²) < 4.78 is 5.31. The van der Waals surface area contributed by atoms with E-state index in [1.54, 1.807) is 17.2 Å². The number of para-hydroxylation sites is 1. The molecule has 8 heteroatoms. The third-order valence-electron chi connectivity index (χ3n) is 5.85. The van der Waals surface area contributed by atoms with Crippen LogP contribution < -0.4 is 11.1 Å². The molecule has 3 heterocycles. The van der Waals surface area contributed by atoms with Crippen LogP contribution in [0.15, 0.2) is 47.1 Å². The van der Waals surface area contributed by atoms with Gasteiger partial charge in [0.25, 0.3) is 0 Å². The maximum absolute atomic E-state index is 12.9. The molecule has 1 aromatic heterocycles. The average Bonchev–Trinajstić information content (AvgIpc) is 3.46. The molecule has 0 radical (unpaired) electrons. The zero-order valence-electron chi connectivity index (χ0n) is 16.8. The molecular formula is C22H26N4O4. The van der Waals surface area contributed by atoms with Crippen molar-refractivity contribution in [2.24, 2.45) is 11.7 Å². The number of nitrogens with zero attached hydrogens (tertiary/aromatic N) is 2. The SMILES string of the molecule is NC(=O)C1CCCN1Cc1ccccc1NC(=O)C1CC(=O)N(Cc2ccco2)C1. The smallest absolute Gasteiger partial charge is 0.234 e. The van der Waals surface area contributed by atoms with Gasteiger partial charge in [-0.25, -0.2) is 0 Å². The number of hydrogen-bond donors (Lipinski definition) is 2. The molecular weight excluding hydrogens is 384 g/mol. The molecule has 3 amide bonds. The van der Waals surface area contributed by atoms with E-state index in [1.807, 2.05) is 30.3 Å². The number of carbonyl (C=O) groups is 3. The third kappa shape index (κ3) is 4.38. The highest BCUT2D eigenvalue weighted by molar-refractivity contribution is 5.97. The molecule has 4 rings (SSSR count). The minimum Gasteiger partial charge on any atom is -0.467 e. The lowest BCUT2D eigenvalue weighted by molar-refractivity contribution is -0.129. The van der Waals surface area contributed by atoms with Gasteiger partial charge in [-0.15, -0.1) is 0 Å². The van der Waals surface area contributed by atoms with Gasteiger partial charge in [-0.2, -0.15) is 0 Å². The molecule has 2 fully saturated rings. The number of amides is 3. The summed E-state index contributed by atoms with van der Waals surface area (Å²) in [7, 11) is 0. The molecule has 8 nitrogen and oxygen atoms in total. The van der Waals surface area contributed by atoms with Crippen LogP contribution in [-0.2, 0) is 27.5 Å². The van der Waals surface area contributed by atoms with Gasteiger partial charge in [-0.05, 0) is 43.1 Å². The first kappa shape index (κ1) is 20.2. The Morgan fingerprint density at radius 2 is 2.00 bits per heavy atom. The van der Waals surface area contributed by atoms with E-state index in [9.17, 15) is 14.4 Å². The fourth-order valence-electron chi connectivity index (χ4n) is 4.26. The number of furan rings is 1. The Morgan fingerprint density at radius 3 is 2.77 bits per heavy atom. The number of nitrogens with two attached hydrogens (primary N) is 1. The zero-order chi connectivity index (χ0) is 21.1. The van der Waals surface area contributed by atoms with Crippen LogP contribution >= 0.6 is 0 Å². The number of hydrogen-bond acceptors (Lipinski definition) is 5. The highest BCUT2D eigenvalue weighted by Crippen LogP contribution is 2.26. The Morgan fingerprint density at radius 1 is 1.17 bits per heavy atom. The summed E-state index contributed by atoms with van der Waals surface area (Å²) in [6.07, 6.45) is 3.45. The lowest BCUT2D eigenvalue weighted by Crippen LogP contribution is -2.39. The summed E-state index contributed by atoms with van der Waals surface area (Å²) in [5, 5.41) is 2.99. The summed E-state index contributed by atoms with van der Waals surface area (Å²) in [4.78, 5) is 40.6. The molecule has 0 bridgehead atoms. The van der Waals surface area contributed by atoms with Gasteiger partial charge < -0.3 is 20.4 Å². The number of anilines is 1. The van der Waals surface area contributed by atoms with Crippen molar-refractivity contribution in [1.82, 2.24) is 9.80 Å². The van der Waals surface area contributed by atoms with Gasteiger partial charge in [0.05, 0.1) is 24.8 Å². The fourth-order valence-corrected chi connectivity index (χ4v) is 4.26. The van der Waals surface area contributed by atoms with Crippen molar-refractivity contribution in [3.05, 3.63) is 54.0 Å². The number of likely N-dealkylation sites (tertiary alicyclic amines) is 2. The van der Waals surface area contributed by atoms with Gasteiger partial charge in [0, 0.05) is 25.2 Å². The highest BCUT2D eigenvalue weighted by atomic mass is 16.3. The summed E-state index contributed by atoms with van der Waals surface area (Å²) in [6.45, 7) is 2.08. The second-order valence-corrected chi connectivity index (χ2v) is 7.93. The number of nitrogens with one attached hydrogen (secondary N) is 1. The molecule has 3 N–H and O–H groups in total. The molecule has 30 heavy (non-hydrogen) atoms. The Bertz CT molecular complexity index is 927. The minimum absolute atomic E-state index is 0.0544. The van der Waals surface area contributed by atoms with E-state index in [2.05, 4.69) is 10.2 Å².